The SMILES string of the molecule is NN=CN=NCc1ccccc1. The highest BCUT2D eigenvalue weighted by atomic mass is 15.2. The van der Waals surface area contributed by atoms with Gasteiger partial charge in [0.05, 0.1) is 6.54 Å². The molecule has 0 atom stereocenters. The van der Waals surface area contributed by atoms with E-state index >= 15 is 0 Å². The molecule has 0 aliphatic heterocycles. The normalized spacial score (nSPS) is 11.3. The molecule has 0 saturated carbocycles. The van der Waals surface area contributed by atoms with E-state index in [4.69, 9.17) is 5.84 Å². The maximum absolute atomic E-state index is 4.82. The highest BCUT2D eigenvalue weighted by Crippen LogP contribution is 1.99. The van der Waals surface area contributed by atoms with Crippen molar-refractivity contribution in [1.82, 2.24) is 0 Å². The van der Waals surface area contributed by atoms with Crippen LogP contribution in [0.15, 0.2) is 45.7 Å². The van der Waals surface area contributed by atoms with Crippen LogP contribution in [0.25, 0.3) is 0 Å². The number of nitrogens with zero attached hydrogens (tertiary/aromatic N) is 3. The largest absolute Gasteiger partial charge is 0.322 e. The molecular weight excluding hydrogens is 152 g/mol. The Kier molecular flexibility index (Phi) is 3.50. The lowest BCUT2D eigenvalue weighted by Crippen LogP contribution is -1.80. The summed E-state index contributed by atoms with van der Waals surface area (Å²) in [6.45, 7) is 0.562. The maximum atomic E-state index is 4.82. The minimum atomic E-state index is 0.562. The van der Waals surface area contributed by atoms with E-state index in [1.807, 2.05) is 30.3 Å². The predicted molar refractivity (Wildman–Crippen MR) is 47.7 cm³/mol. The van der Waals surface area contributed by atoms with E-state index in [0.29, 0.717) is 6.54 Å². The molecule has 0 radical (unpaired) electrons. The van der Waals surface area contributed by atoms with Crippen LogP contribution < -0.4 is 5.84 Å². The van der Waals surface area contributed by atoms with Crippen molar-refractivity contribution in [2.45, 2.75) is 6.54 Å². The zero-order valence-corrected chi connectivity index (χ0v) is 6.59. The van der Waals surface area contributed by atoms with Gasteiger partial charge in [0.25, 0.3) is 0 Å². The van der Waals surface area contributed by atoms with Crippen LogP contribution in [0.3, 0.4) is 0 Å². The highest BCUT2D eigenvalue weighted by Gasteiger charge is 1.85. The van der Waals surface area contributed by atoms with Gasteiger partial charge in [-0.2, -0.15) is 10.2 Å². The second-order valence-corrected chi connectivity index (χ2v) is 2.17. The fraction of sp³-hybridized carbons (Fsp3) is 0.125. The molecule has 0 aromatic heterocycles. The Labute approximate surface area is 70.8 Å². The van der Waals surface area contributed by atoms with E-state index in [0.717, 1.165) is 5.56 Å². The zero-order valence-electron chi connectivity index (χ0n) is 6.59. The first-order valence-corrected chi connectivity index (χ1v) is 3.56. The molecule has 2 N–H and O–H groups in total. The fourth-order valence-electron chi connectivity index (χ4n) is 0.772. The standard InChI is InChI=1S/C8H10N4/c9-10-7-12-11-6-8-4-2-1-3-5-8/h1-5,7H,6,9H2. The fourth-order valence-corrected chi connectivity index (χ4v) is 0.772. The molecule has 0 spiro atoms. The average Bonchev–Trinajstić information content (AvgIpc) is 2.14. The van der Waals surface area contributed by atoms with Gasteiger partial charge < -0.3 is 5.84 Å². The minimum absolute atomic E-state index is 0.562. The summed E-state index contributed by atoms with van der Waals surface area (Å²) in [5.74, 6) is 4.82. The van der Waals surface area contributed by atoms with Gasteiger partial charge >= 0.3 is 0 Å². The molecule has 4 nitrogen and oxygen atoms in total. The molecule has 62 valence electrons. The third-order valence-corrected chi connectivity index (χ3v) is 1.30. The Morgan fingerprint density at radius 1 is 1.25 bits per heavy atom. The van der Waals surface area contributed by atoms with Crippen molar-refractivity contribution in [2.75, 3.05) is 0 Å². The number of azo groups is 1. The monoisotopic (exact) mass is 162 g/mol. The summed E-state index contributed by atoms with van der Waals surface area (Å²) in [5.41, 5.74) is 1.12. The van der Waals surface area contributed by atoms with Crippen LogP contribution in [0.2, 0.25) is 0 Å². The van der Waals surface area contributed by atoms with Crippen molar-refractivity contribution in [3.63, 3.8) is 0 Å². The van der Waals surface area contributed by atoms with E-state index in [9.17, 15) is 0 Å². The predicted octanol–water partition coefficient (Wildman–Crippen LogP) is 1.54. The maximum Gasteiger partial charge on any atom is 0.157 e. The van der Waals surface area contributed by atoms with E-state index in [-0.39, 0.29) is 0 Å². The second-order valence-electron chi connectivity index (χ2n) is 2.17. The summed E-state index contributed by atoms with van der Waals surface area (Å²) >= 11 is 0. The lowest BCUT2D eigenvalue weighted by atomic mass is 10.2. The summed E-state index contributed by atoms with van der Waals surface area (Å²) in [7, 11) is 0. The van der Waals surface area contributed by atoms with Crippen LogP contribution in [0, 0.1) is 0 Å². The molecule has 0 fully saturated rings. The van der Waals surface area contributed by atoms with E-state index < -0.39 is 0 Å². The van der Waals surface area contributed by atoms with Gasteiger partial charge in [-0.05, 0) is 5.56 Å². The minimum Gasteiger partial charge on any atom is -0.322 e. The molecule has 1 aromatic rings. The van der Waals surface area contributed by atoms with Crippen LogP contribution in [0.4, 0.5) is 0 Å². The molecule has 1 aromatic carbocycles. The molecule has 0 saturated heterocycles. The molecule has 0 amide bonds. The average molecular weight is 162 g/mol. The Bertz CT molecular complexity index is 266. The Balaban J connectivity index is 2.43. The van der Waals surface area contributed by atoms with E-state index in [1.165, 1.54) is 6.34 Å². The topological polar surface area (TPSA) is 63.1 Å². The van der Waals surface area contributed by atoms with Crippen molar-refractivity contribution < 1.29 is 0 Å². The first-order valence-electron chi connectivity index (χ1n) is 3.56. The lowest BCUT2D eigenvalue weighted by molar-refractivity contribution is 0.974. The summed E-state index contributed by atoms with van der Waals surface area (Å²) < 4.78 is 0. The van der Waals surface area contributed by atoms with E-state index in [1.54, 1.807) is 0 Å². The number of hydrogen-bond donors (Lipinski definition) is 1. The van der Waals surface area contributed by atoms with Crippen molar-refractivity contribution in [3.8, 4) is 0 Å². The first-order chi connectivity index (χ1) is 5.93. The van der Waals surface area contributed by atoms with Gasteiger partial charge in [-0.1, -0.05) is 30.3 Å². The zero-order chi connectivity index (χ0) is 8.65. The van der Waals surface area contributed by atoms with Gasteiger partial charge in [-0.15, -0.1) is 5.11 Å². The molecular formula is C8H10N4. The summed E-state index contributed by atoms with van der Waals surface area (Å²) in [5, 5.41) is 10.6. The smallest absolute Gasteiger partial charge is 0.157 e. The highest BCUT2D eigenvalue weighted by molar-refractivity contribution is 5.53. The summed E-state index contributed by atoms with van der Waals surface area (Å²) in [6, 6.07) is 9.85. The van der Waals surface area contributed by atoms with Gasteiger partial charge in [0, 0.05) is 0 Å². The molecule has 0 bridgehead atoms. The molecule has 1 rings (SSSR count). The summed E-state index contributed by atoms with van der Waals surface area (Å²) in [4.78, 5) is 0. The van der Waals surface area contributed by atoms with Gasteiger partial charge in [-0.3, -0.25) is 0 Å². The van der Waals surface area contributed by atoms with Gasteiger partial charge in [0.2, 0.25) is 0 Å². The van der Waals surface area contributed by atoms with Gasteiger partial charge in [-0.25, -0.2) is 0 Å². The number of benzene rings is 1. The van der Waals surface area contributed by atoms with Crippen molar-refractivity contribution in [2.24, 2.45) is 21.2 Å². The third kappa shape index (κ3) is 2.92. The Morgan fingerprint density at radius 3 is 2.67 bits per heavy atom. The molecule has 4 heteroatoms. The summed E-state index contributed by atoms with van der Waals surface area (Å²) in [6.07, 6.45) is 1.21. The van der Waals surface area contributed by atoms with Crippen molar-refractivity contribution in [1.29, 1.82) is 0 Å². The van der Waals surface area contributed by atoms with Crippen LogP contribution in [0.1, 0.15) is 5.56 Å². The molecule has 0 heterocycles. The quantitative estimate of drug-likeness (QED) is 0.237. The van der Waals surface area contributed by atoms with Crippen LogP contribution in [-0.2, 0) is 6.54 Å². The van der Waals surface area contributed by atoms with Gasteiger partial charge in [0.15, 0.2) is 6.34 Å². The molecule has 0 aliphatic rings. The van der Waals surface area contributed by atoms with E-state index in [2.05, 4.69) is 15.3 Å². The second kappa shape index (κ2) is 5.01. The first kappa shape index (κ1) is 8.39. The number of hydrogen-bond acceptors (Lipinski definition) is 3. The third-order valence-electron chi connectivity index (χ3n) is 1.30. The van der Waals surface area contributed by atoms with Crippen LogP contribution in [-0.4, -0.2) is 6.34 Å². The molecule has 0 unspecified atom stereocenters. The Morgan fingerprint density at radius 2 is 2.00 bits per heavy atom. The molecule has 0 aliphatic carbocycles. The van der Waals surface area contributed by atoms with Crippen LogP contribution >= 0.6 is 0 Å². The number of nitrogens with two attached hydrogens (primary N) is 1. The Hall–Kier alpha value is -1.71. The number of rotatable bonds is 3. The van der Waals surface area contributed by atoms with Crippen LogP contribution in [0.5, 0.6) is 0 Å². The lowest BCUT2D eigenvalue weighted by Gasteiger charge is -1.91. The molecule has 12 heavy (non-hydrogen) atoms. The number of hydrazone groups is 1. The van der Waals surface area contributed by atoms with Gasteiger partial charge in [0.1, 0.15) is 0 Å². The van der Waals surface area contributed by atoms with Crippen molar-refractivity contribution in [3.05, 3.63) is 35.9 Å². The van der Waals surface area contributed by atoms with Crippen molar-refractivity contribution >= 4 is 6.34 Å².